The number of ether oxygens (including phenoxy) is 3. The van der Waals surface area contributed by atoms with E-state index in [2.05, 4.69) is 15.9 Å². The Morgan fingerprint density at radius 1 is 1.17 bits per heavy atom. The van der Waals surface area contributed by atoms with Crippen LogP contribution in [0.1, 0.15) is 25.3 Å². The van der Waals surface area contributed by atoms with Crippen molar-refractivity contribution in [2.75, 3.05) is 27.3 Å². The van der Waals surface area contributed by atoms with Crippen molar-refractivity contribution < 1.29 is 23.8 Å². The van der Waals surface area contributed by atoms with E-state index in [4.69, 9.17) is 14.2 Å². The minimum Gasteiger partial charge on any atom is -0.493 e. The highest BCUT2D eigenvalue weighted by molar-refractivity contribution is 9.10. The number of amides is 1. The molecule has 24 heavy (non-hydrogen) atoms. The SMILES string of the molecule is COc1cc(Br)c(CC(=O)O[C@@H](C)C(=O)N2CCCC2)cc1OC. The maximum atomic E-state index is 12.2. The molecule has 1 aromatic rings. The van der Waals surface area contributed by atoms with E-state index in [0.717, 1.165) is 30.4 Å². The van der Waals surface area contributed by atoms with Crippen LogP contribution < -0.4 is 9.47 Å². The molecular formula is C17H22BrNO5. The first-order valence-corrected chi connectivity index (χ1v) is 8.64. The summed E-state index contributed by atoms with van der Waals surface area (Å²) in [5.74, 6) is 0.513. The van der Waals surface area contributed by atoms with Gasteiger partial charge in [0.2, 0.25) is 0 Å². The Bertz CT molecular complexity index is 613. The molecule has 1 heterocycles. The molecule has 7 heteroatoms. The van der Waals surface area contributed by atoms with Crippen LogP contribution >= 0.6 is 15.9 Å². The number of methoxy groups -OCH3 is 2. The number of carbonyl (C=O) groups is 2. The van der Waals surface area contributed by atoms with Gasteiger partial charge in [0, 0.05) is 17.6 Å². The summed E-state index contributed by atoms with van der Waals surface area (Å²) in [6, 6.07) is 3.46. The second-order valence-corrected chi connectivity index (χ2v) is 6.49. The summed E-state index contributed by atoms with van der Waals surface area (Å²) in [4.78, 5) is 26.1. The Kier molecular flexibility index (Phi) is 6.48. The third-order valence-electron chi connectivity index (χ3n) is 3.96. The summed E-state index contributed by atoms with van der Waals surface area (Å²) < 4.78 is 16.5. The lowest BCUT2D eigenvalue weighted by Crippen LogP contribution is -2.38. The van der Waals surface area contributed by atoms with Crippen LogP contribution in [0, 0.1) is 0 Å². The van der Waals surface area contributed by atoms with Gasteiger partial charge < -0.3 is 19.1 Å². The van der Waals surface area contributed by atoms with Crippen LogP contribution in [0.2, 0.25) is 0 Å². The Morgan fingerprint density at radius 2 is 1.75 bits per heavy atom. The van der Waals surface area contributed by atoms with E-state index in [-0.39, 0.29) is 12.3 Å². The minimum absolute atomic E-state index is 0.0402. The molecule has 1 atom stereocenters. The maximum absolute atomic E-state index is 12.2. The molecule has 1 saturated heterocycles. The molecule has 1 aliphatic heterocycles. The first kappa shape index (κ1) is 18.6. The van der Waals surface area contributed by atoms with E-state index < -0.39 is 12.1 Å². The molecule has 1 aromatic carbocycles. The third kappa shape index (κ3) is 4.41. The highest BCUT2D eigenvalue weighted by Crippen LogP contribution is 2.33. The van der Waals surface area contributed by atoms with Crippen LogP contribution in [0.15, 0.2) is 16.6 Å². The lowest BCUT2D eigenvalue weighted by atomic mass is 10.1. The highest BCUT2D eigenvalue weighted by Gasteiger charge is 2.26. The molecule has 1 aliphatic rings. The first-order chi connectivity index (χ1) is 11.5. The topological polar surface area (TPSA) is 65.1 Å². The van der Waals surface area contributed by atoms with Crippen molar-refractivity contribution in [1.82, 2.24) is 4.90 Å². The number of halogens is 1. The van der Waals surface area contributed by atoms with Crippen LogP contribution in [0.5, 0.6) is 11.5 Å². The summed E-state index contributed by atoms with van der Waals surface area (Å²) in [5.41, 5.74) is 0.707. The average Bonchev–Trinajstić information content (AvgIpc) is 3.09. The van der Waals surface area contributed by atoms with Gasteiger partial charge in [0.15, 0.2) is 17.6 Å². The number of likely N-dealkylation sites (tertiary alicyclic amines) is 1. The molecule has 0 spiro atoms. The van der Waals surface area contributed by atoms with E-state index in [1.165, 1.54) is 7.11 Å². The Hall–Kier alpha value is -1.76. The zero-order valence-electron chi connectivity index (χ0n) is 14.1. The summed E-state index contributed by atoms with van der Waals surface area (Å²) >= 11 is 3.41. The van der Waals surface area contributed by atoms with Gasteiger partial charge >= 0.3 is 5.97 Å². The van der Waals surface area contributed by atoms with E-state index in [9.17, 15) is 9.59 Å². The van der Waals surface area contributed by atoms with E-state index in [1.807, 2.05) is 0 Å². The predicted octanol–water partition coefficient (Wildman–Crippen LogP) is 2.56. The van der Waals surface area contributed by atoms with Crippen molar-refractivity contribution in [3.8, 4) is 11.5 Å². The monoisotopic (exact) mass is 399 g/mol. The van der Waals surface area contributed by atoms with Crippen molar-refractivity contribution in [2.45, 2.75) is 32.3 Å². The number of hydrogen-bond acceptors (Lipinski definition) is 5. The second-order valence-electron chi connectivity index (χ2n) is 5.64. The fourth-order valence-corrected chi connectivity index (χ4v) is 3.13. The van der Waals surface area contributed by atoms with Crippen LogP contribution in [-0.4, -0.2) is 50.2 Å². The number of nitrogens with zero attached hydrogens (tertiary/aromatic N) is 1. The maximum Gasteiger partial charge on any atom is 0.311 e. The summed E-state index contributed by atoms with van der Waals surface area (Å²) in [6.07, 6.45) is 1.28. The molecule has 0 aliphatic carbocycles. The van der Waals surface area contributed by atoms with Crippen LogP contribution in [0.3, 0.4) is 0 Å². The Balaban J connectivity index is 2.00. The molecule has 0 N–H and O–H groups in total. The molecule has 132 valence electrons. The lowest BCUT2D eigenvalue weighted by Gasteiger charge is -2.20. The normalized spacial score (nSPS) is 15.1. The lowest BCUT2D eigenvalue weighted by molar-refractivity contribution is -0.158. The van der Waals surface area contributed by atoms with Gasteiger partial charge in [0.1, 0.15) is 0 Å². The predicted molar refractivity (Wildman–Crippen MR) is 92.3 cm³/mol. The van der Waals surface area contributed by atoms with Gasteiger partial charge in [-0.15, -0.1) is 0 Å². The molecule has 0 aromatic heterocycles. The van der Waals surface area contributed by atoms with Gasteiger partial charge in [-0.3, -0.25) is 9.59 Å². The van der Waals surface area contributed by atoms with Crippen molar-refractivity contribution in [2.24, 2.45) is 0 Å². The fraction of sp³-hybridized carbons (Fsp3) is 0.529. The van der Waals surface area contributed by atoms with Crippen molar-refractivity contribution in [3.63, 3.8) is 0 Å². The molecule has 6 nitrogen and oxygen atoms in total. The summed E-state index contributed by atoms with van der Waals surface area (Å²) in [7, 11) is 3.08. The number of rotatable bonds is 6. The van der Waals surface area contributed by atoms with E-state index in [1.54, 1.807) is 31.1 Å². The fourth-order valence-electron chi connectivity index (χ4n) is 2.67. The van der Waals surface area contributed by atoms with Crippen molar-refractivity contribution in [3.05, 3.63) is 22.2 Å². The standard InChI is InChI=1S/C17H22BrNO5/c1-11(17(21)19-6-4-5-7-19)24-16(20)9-12-8-14(22-2)15(23-3)10-13(12)18/h8,10-11H,4-7,9H2,1-3H3/t11-/m0/s1. The number of carbonyl (C=O) groups excluding carboxylic acids is 2. The van der Waals surface area contributed by atoms with Gasteiger partial charge in [-0.2, -0.15) is 0 Å². The van der Waals surface area contributed by atoms with Crippen molar-refractivity contribution in [1.29, 1.82) is 0 Å². The number of hydrogen-bond donors (Lipinski definition) is 0. The Morgan fingerprint density at radius 3 is 2.33 bits per heavy atom. The van der Waals surface area contributed by atoms with Gasteiger partial charge in [-0.25, -0.2) is 0 Å². The third-order valence-corrected chi connectivity index (χ3v) is 4.70. The molecule has 1 fully saturated rings. The molecule has 0 radical (unpaired) electrons. The largest absolute Gasteiger partial charge is 0.493 e. The van der Waals surface area contributed by atoms with E-state index >= 15 is 0 Å². The van der Waals surface area contributed by atoms with Gasteiger partial charge in [0.05, 0.1) is 20.6 Å². The smallest absolute Gasteiger partial charge is 0.311 e. The average molecular weight is 400 g/mol. The number of esters is 1. The van der Waals surface area contributed by atoms with Gasteiger partial charge in [0.25, 0.3) is 5.91 Å². The quantitative estimate of drug-likeness (QED) is 0.687. The summed E-state index contributed by atoms with van der Waals surface area (Å²) in [6.45, 7) is 3.09. The Labute approximate surface area is 150 Å². The molecule has 0 unspecified atom stereocenters. The van der Waals surface area contributed by atoms with Crippen LogP contribution in [-0.2, 0) is 20.7 Å². The number of benzene rings is 1. The first-order valence-electron chi connectivity index (χ1n) is 7.85. The van der Waals surface area contributed by atoms with Crippen molar-refractivity contribution >= 4 is 27.8 Å². The van der Waals surface area contributed by atoms with Gasteiger partial charge in [-0.05, 0) is 37.5 Å². The van der Waals surface area contributed by atoms with E-state index in [0.29, 0.717) is 17.1 Å². The summed E-state index contributed by atoms with van der Waals surface area (Å²) in [5, 5.41) is 0. The zero-order valence-corrected chi connectivity index (χ0v) is 15.7. The van der Waals surface area contributed by atoms with Crippen LogP contribution in [0.25, 0.3) is 0 Å². The molecular weight excluding hydrogens is 378 g/mol. The minimum atomic E-state index is -0.769. The molecule has 0 bridgehead atoms. The zero-order chi connectivity index (χ0) is 17.7. The second kappa shape index (κ2) is 8.37. The molecule has 1 amide bonds. The molecule has 2 rings (SSSR count). The highest BCUT2D eigenvalue weighted by atomic mass is 79.9. The molecule has 0 saturated carbocycles. The van der Waals surface area contributed by atoms with Gasteiger partial charge in [-0.1, -0.05) is 15.9 Å². The van der Waals surface area contributed by atoms with Crippen LogP contribution in [0.4, 0.5) is 0 Å².